The number of nitrogens with two attached hydrogens (primary N) is 1. The zero-order chi connectivity index (χ0) is 13.6. The summed E-state index contributed by atoms with van der Waals surface area (Å²) in [4.78, 5) is 4.36. The number of aliphatic imine (C=N–C) groups is 1. The largest absolute Gasteiger partial charge is 0.383 e. The average molecular weight is 258 g/mol. The van der Waals surface area contributed by atoms with E-state index in [0.717, 1.165) is 18.9 Å². The van der Waals surface area contributed by atoms with Gasteiger partial charge in [-0.2, -0.15) is 0 Å². The number of hydrazine groups is 1. The fourth-order valence-corrected chi connectivity index (χ4v) is 1.63. The van der Waals surface area contributed by atoms with E-state index >= 15 is 0 Å². The van der Waals surface area contributed by atoms with Gasteiger partial charge in [0.05, 0.1) is 6.61 Å². The third-order valence-corrected chi connectivity index (χ3v) is 2.69. The molecule has 108 valence electrons. The van der Waals surface area contributed by atoms with Crippen LogP contribution in [0.1, 0.15) is 46.0 Å². The maximum atomic E-state index is 5.37. The fourth-order valence-electron chi connectivity index (χ4n) is 1.63. The minimum Gasteiger partial charge on any atom is -0.383 e. The van der Waals surface area contributed by atoms with Gasteiger partial charge in [-0.1, -0.05) is 39.5 Å². The van der Waals surface area contributed by atoms with Crippen LogP contribution in [0, 0.1) is 5.92 Å². The molecule has 0 radical (unpaired) electrons. The molecule has 0 rings (SSSR count). The standard InChI is InChI=1S/C13H30N4O/c1-12(2)8-6-4-5-7-9-15-13(17-14)16-10-11-18-3/h12H,4-11,14H2,1-3H3,(H2,15,16,17). The van der Waals surface area contributed by atoms with E-state index in [1.165, 1.54) is 25.7 Å². The predicted octanol–water partition coefficient (Wildman–Crippen LogP) is 1.65. The number of ether oxygens (including phenoxy) is 1. The zero-order valence-electron chi connectivity index (χ0n) is 12.2. The Morgan fingerprint density at radius 2 is 1.94 bits per heavy atom. The van der Waals surface area contributed by atoms with Crippen LogP contribution in [0.3, 0.4) is 0 Å². The summed E-state index contributed by atoms with van der Waals surface area (Å²) in [5.74, 6) is 6.83. The Labute approximate surface area is 112 Å². The van der Waals surface area contributed by atoms with Crippen molar-refractivity contribution in [3.05, 3.63) is 0 Å². The molecule has 0 bridgehead atoms. The molecule has 18 heavy (non-hydrogen) atoms. The van der Waals surface area contributed by atoms with Gasteiger partial charge in [0.25, 0.3) is 0 Å². The number of hydrogen-bond acceptors (Lipinski definition) is 3. The number of hydrogen-bond donors (Lipinski definition) is 3. The number of guanidine groups is 1. The lowest BCUT2D eigenvalue weighted by Gasteiger charge is -2.08. The summed E-state index contributed by atoms with van der Waals surface area (Å²) < 4.78 is 4.94. The SMILES string of the molecule is COCCNC(=NCCCCCCC(C)C)NN. The summed E-state index contributed by atoms with van der Waals surface area (Å²) in [7, 11) is 1.67. The highest BCUT2D eigenvalue weighted by molar-refractivity contribution is 5.79. The van der Waals surface area contributed by atoms with Crippen LogP contribution in [0.2, 0.25) is 0 Å². The van der Waals surface area contributed by atoms with Gasteiger partial charge in [0.1, 0.15) is 0 Å². The summed E-state index contributed by atoms with van der Waals surface area (Å²) in [6.07, 6.45) is 6.32. The highest BCUT2D eigenvalue weighted by atomic mass is 16.5. The topological polar surface area (TPSA) is 71.7 Å². The summed E-state index contributed by atoms with van der Waals surface area (Å²) >= 11 is 0. The molecule has 0 aliphatic heterocycles. The lowest BCUT2D eigenvalue weighted by molar-refractivity contribution is 0.203. The molecule has 4 N–H and O–H groups in total. The number of methoxy groups -OCH3 is 1. The van der Waals surface area contributed by atoms with E-state index in [1.807, 2.05) is 0 Å². The number of nitrogens with one attached hydrogen (secondary N) is 2. The summed E-state index contributed by atoms with van der Waals surface area (Å²) in [5.41, 5.74) is 2.56. The highest BCUT2D eigenvalue weighted by Crippen LogP contribution is 2.09. The molecular formula is C13H30N4O. The predicted molar refractivity (Wildman–Crippen MR) is 77.4 cm³/mol. The second kappa shape index (κ2) is 12.6. The van der Waals surface area contributed by atoms with Crippen LogP contribution in [-0.2, 0) is 4.74 Å². The minimum absolute atomic E-state index is 0.647. The third kappa shape index (κ3) is 11.7. The van der Waals surface area contributed by atoms with E-state index in [9.17, 15) is 0 Å². The highest BCUT2D eigenvalue weighted by Gasteiger charge is 1.96. The van der Waals surface area contributed by atoms with Gasteiger partial charge in [-0.15, -0.1) is 0 Å². The number of rotatable bonds is 10. The van der Waals surface area contributed by atoms with Crippen molar-refractivity contribution in [2.75, 3.05) is 26.8 Å². The van der Waals surface area contributed by atoms with Crippen molar-refractivity contribution in [3.63, 3.8) is 0 Å². The van der Waals surface area contributed by atoms with Crippen molar-refractivity contribution in [1.82, 2.24) is 10.7 Å². The molecule has 0 aromatic carbocycles. The Balaban J connectivity index is 3.46. The zero-order valence-corrected chi connectivity index (χ0v) is 12.2. The molecule has 0 fully saturated rings. The molecule has 0 saturated heterocycles. The van der Waals surface area contributed by atoms with Gasteiger partial charge in [0, 0.05) is 20.2 Å². The molecule has 0 saturated carbocycles. The first kappa shape index (κ1) is 17.2. The van der Waals surface area contributed by atoms with Crippen molar-refractivity contribution < 1.29 is 4.74 Å². The summed E-state index contributed by atoms with van der Waals surface area (Å²) in [6, 6.07) is 0. The summed E-state index contributed by atoms with van der Waals surface area (Å²) in [6.45, 7) is 6.73. The number of unbranched alkanes of at least 4 members (excludes halogenated alkanes) is 3. The Morgan fingerprint density at radius 1 is 1.22 bits per heavy atom. The average Bonchev–Trinajstić information content (AvgIpc) is 2.35. The quantitative estimate of drug-likeness (QED) is 0.183. The van der Waals surface area contributed by atoms with E-state index in [2.05, 4.69) is 29.6 Å². The van der Waals surface area contributed by atoms with Crippen LogP contribution in [0.5, 0.6) is 0 Å². The molecule has 0 unspecified atom stereocenters. The fraction of sp³-hybridized carbons (Fsp3) is 0.923. The Kier molecular flexibility index (Phi) is 12.1. The van der Waals surface area contributed by atoms with Crippen molar-refractivity contribution in [2.24, 2.45) is 16.8 Å². The molecule has 0 aliphatic carbocycles. The monoisotopic (exact) mass is 258 g/mol. The first-order valence-electron chi connectivity index (χ1n) is 6.94. The van der Waals surface area contributed by atoms with Gasteiger partial charge < -0.3 is 10.1 Å². The van der Waals surface area contributed by atoms with Crippen molar-refractivity contribution in [1.29, 1.82) is 0 Å². The van der Waals surface area contributed by atoms with Crippen LogP contribution in [-0.4, -0.2) is 32.8 Å². The van der Waals surface area contributed by atoms with Gasteiger partial charge >= 0.3 is 0 Å². The van der Waals surface area contributed by atoms with Crippen LogP contribution in [0.25, 0.3) is 0 Å². The van der Waals surface area contributed by atoms with Crippen molar-refractivity contribution in [3.8, 4) is 0 Å². The Morgan fingerprint density at radius 3 is 2.56 bits per heavy atom. The maximum Gasteiger partial charge on any atom is 0.205 e. The van der Waals surface area contributed by atoms with Gasteiger partial charge in [0.15, 0.2) is 0 Å². The van der Waals surface area contributed by atoms with Crippen molar-refractivity contribution in [2.45, 2.75) is 46.0 Å². The first-order chi connectivity index (χ1) is 8.70. The number of nitrogens with zero attached hydrogens (tertiary/aromatic N) is 1. The molecule has 0 amide bonds. The van der Waals surface area contributed by atoms with Gasteiger partial charge in [0.2, 0.25) is 5.96 Å². The van der Waals surface area contributed by atoms with Crippen LogP contribution < -0.4 is 16.6 Å². The van der Waals surface area contributed by atoms with Gasteiger partial charge in [-0.05, 0) is 12.3 Å². The molecular weight excluding hydrogens is 228 g/mol. The molecule has 5 heteroatoms. The van der Waals surface area contributed by atoms with Crippen LogP contribution in [0.4, 0.5) is 0 Å². The van der Waals surface area contributed by atoms with E-state index in [4.69, 9.17) is 10.6 Å². The van der Waals surface area contributed by atoms with E-state index in [-0.39, 0.29) is 0 Å². The molecule has 0 aromatic rings. The minimum atomic E-state index is 0.647. The van der Waals surface area contributed by atoms with Gasteiger partial charge in [-0.25, -0.2) is 5.84 Å². The second-order valence-electron chi connectivity index (χ2n) is 4.89. The normalized spacial score (nSPS) is 11.9. The lowest BCUT2D eigenvalue weighted by Crippen LogP contribution is -2.42. The third-order valence-electron chi connectivity index (χ3n) is 2.69. The summed E-state index contributed by atoms with van der Waals surface area (Å²) in [5, 5.41) is 3.08. The van der Waals surface area contributed by atoms with E-state index < -0.39 is 0 Å². The smallest absolute Gasteiger partial charge is 0.205 e. The molecule has 0 aliphatic rings. The molecule has 5 nitrogen and oxygen atoms in total. The Bertz CT molecular complexity index is 207. The van der Waals surface area contributed by atoms with Crippen molar-refractivity contribution >= 4 is 5.96 Å². The lowest BCUT2D eigenvalue weighted by atomic mass is 10.0. The molecule has 0 atom stereocenters. The second-order valence-corrected chi connectivity index (χ2v) is 4.89. The first-order valence-corrected chi connectivity index (χ1v) is 6.94. The van der Waals surface area contributed by atoms with E-state index in [0.29, 0.717) is 19.1 Å². The van der Waals surface area contributed by atoms with Crippen LogP contribution >= 0.6 is 0 Å². The van der Waals surface area contributed by atoms with E-state index in [1.54, 1.807) is 7.11 Å². The van der Waals surface area contributed by atoms with Crippen LogP contribution in [0.15, 0.2) is 4.99 Å². The molecule has 0 heterocycles. The molecule has 0 spiro atoms. The van der Waals surface area contributed by atoms with Gasteiger partial charge in [-0.3, -0.25) is 10.4 Å². The maximum absolute atomic E-state index is 5.37. The molecule has 0 aromatic heterocycles. The Hall–Kier alpha value is -0.810.